The number of para-hydroxylation sites is 1. The van der Waals surface area contributed by atoms with E-state index in [1.807, 2.05) is 72.2 Å². The summed E-state index contributed by atoms with van der Waals surface area (Å²) in [6.07, 6.45) is 0.650. The first kappa shape index (κ1) is 21.2. The highest BCUT2D eigenvalue weighted by Crippen LogP contribution is 2.24. The fourth-order valence-electron chi connectivity index (χ4n) is 3.12. The highest BCUT2D eigenvalue weighted by atomic mass is 35.5. The van der Waals surface area contributed by atoms with Gasteiger partial charge in [-0.25, -0.2) is 0 Å². The number of aromatic nitrogens is 3. The summed E-state index contributed by atoms with van der Waals surface area (Å²) < 4.78 is 2.01. The van der Waals surface area contributed by atoms with Crippen LogP contribution in [0.4, 0.5) is 5.69 Å². The lowest BCUT2D eigenvalue weighted by Gasteiger charge is -2.11. The fraction of sp³-hybridized carbons (Fsp3) is 0.125. The van der Waals surface area contributed by atoms with Gasteiger partial charge in [-0.1, -0.05) is 78.0 Å². The number of carbonyl (C=O) groups excluding carboxylic acids is 1. The van der Waals surface area contributed by atoms with Gasteiger partial charge in [0.25, 0.3) is 0 Å². The molecule has 0 aliphatic heterocycles. The van der Waals surface area contributed by atoms with E-state index < -0.39 is 0 Å². The molecular weight excluding hydrogens is 428 g/mol. The molecule has 0 aliphatic rings. The third-order valence-electron chi connectivity index (χ3n) is 4.71. The summed E-state index contributed by atoms with van der Waals surface area (Å²) in [5, 5.41) is 13.0. The Kier molecular flexibility index (Phi) is 6.70. The van der Waals surface area contributed by atoms with E-state index in [0.717, 1.165) is 22.6 Å². The zero-order valence-electron chi connectivity index (χ0n) is 17.0. The van der Waals surface area contributed by atoms with Crippen molar-refractivity contribution < 1.29 is 4.79 Å². The van der Waals surface area contributed by atoms with E-state index in [-0.39, 0.29) is 11.7 Å². The number of hydrogen-bond donors (Lipinski definition) is 1. The Balaban J connectivity index is 1.52. The second-order valence-corrected chi connectivity index (χ2v) is 8.38. The van der Waals surface area contributed by atoms with Gasteiger partial charge in [0, 0.05) is 22.8 Å². The van der Waals surface area contributed by atoms with Gasteiger partial charge in [-0.15, -0.1) is 10.2 Å². The molecule has 0 saturated carbocycles. The van der Waals surface area contributed by atoms with Crippen LogP contribution in [0.3, 0.4) is 0 Å². The van der Waals surface area contributed by atoms with Gasteiger partial charge in [0.2, 0.25) is 5.91 Å². The fourth-order valence-corrected chi connectivity index (χ4v) is 4.07. The van der Waals surface area contributed by atoms with Crippen molar-refractivity contribution in [1.29, 1.82) is 0 Å². The number of thioether (sulfide) groups is 1. The van der Waals surface area contributed by atoms with E-state index in [1.165, 1.54) is 11.8 Å². The molecule has 4 rings (SSSR count). The summed E-state index contributed by atoms with van der Waals surface area (Å²) in [4.78, 5) is 12.5. The van der Waals surface area contributed by atoms with Gasteiger partial charge in [-0.05, 0) is 42.3 Å². The summed E-state index contributed by atoms with van der Waals surface area (Å²) in [6, 6.07) is 25.6. The number of aryl methyl sites for hydroxylation is 1. The zero-order valence-corrected chi connectivity index (χ0v) is 18.5. The standard InChI is InChI=1S/C24H21ClN4OS/c1-17-12-13-19(15-21(17)25)26-23(30)16-31-24-28-27-22(14-18-8-4-2-5-9-18)29(24)20-10-6-3-7-11-20/h2-13,15H,14,16H2,1H3,(H,26,30). The Morgan fingerprint density at radius 3 is 2.42 bits per heavy atom. The first-order chi connectivity index (χ1) is 15.1. The SMILES string of the molecule is Cc1ccc(NC(=O)CSc2nnc(Cc3ccccc3)n2-c2ccccc2)cc1Cl. The van der Waals surface area contributed by atoms with Crippen LogP contribution in [-0.4, -0.2) is 26.4 Å². The predicted molar refractivity (Wildman–Crippen MR) is 126 cm³/mol. The molecule has 1 heterocycles. The predicted octanol–water partition coefficient (Wildman–Crippen LogP) is 5.55. The minimum Gasteiger partial charge on any atom is -0.325 e. The Labute approximate surface area is 190 Å². The van der Waals surface area contributed by atoms with Crippen LogP contribution in [-0.2, 0) is 11.2 Å². The Morgan fingerprint density at radius 1 is 1.00 bits per heavy atom. The van der Waals surface area contributed by atoms with E-state index in [9.17, 15) is 4.79 Å². The third-order valence-corrected chi connectivity index (χ3v) is 6.04. The number of halogens is 1. The van der Waals surface area contributed by atoms with Crippen molar-refractivity contribution in [3.05, 3.63) is 101 Å². The number of rotatable bonds is 7. The number of carbonyl (C=O) groups is 1. The molecule has 1 N–H and O–H groups in total. The average Bonchev–Trinajstić information content (AvgIpc) is 3.18. The minimum atomic E-state index is -0.128. The molecular formula is C24H21ClN4OS. The van der Waals surface area contributed by atoms with Crippen molar-refractivity contribution in [2.24, 2.45) is 0 Å². The number of anilines is 1. The quantitative estimate of drug-likeness (QED) is 0.376. The summed E-state index contributed by atoms with van der Waals surface area (Å²) in [5.41, 5.74) is 3.76. The van der Waals surface area contributed by atoms with Crippen LogP contribution in [0.5, 0.6) is 0 Å². The van der Waals surface area contributed by atoms with Crippen LogP contribution in [0.2, 0.25) is 5.02 Å². The molecule has 3 aromatic carbocycles. The van der Waals surface area contributed by atoms with Crippen LogP contribution in [0.1, 0.15) is 17.0 Å². The Bertz CT molecular complexity index is 1180. The van der Waals surface area contributed by atoms with Crippen LogP contribution in [0.15, 0.2) is 84.0 Å². The Morgan fingerprint density at radius 2 is 1.71 bits per heavy atom. The number of nitrogens with zero attached hydrogens (tertiary/aromatic N) is 3. The number of benzene rings is 3. The summed E-state index contributed by atoms with van der Waals surface area (Å²) in [5.74, 6) is 0.907. The van der Waals surface area contributed by atoms with E-state index in [4.69, 9.17) is 11.6 Å². The maximum atomic E-state index is 12.5. The molecule has 0 unspecified atom stereocenters. The van der Waals surface area contributed by atoms with Gasteiger partial charge in [-0.3, -0.25) is 9.36 Å². The number of nitrogens with one attached hydrogen (secondary N) is 1. The van der Waals surface area contributed by atoms with Crippen molar-refractivity contribution in [3.63, 3.8) is 0 Å². The van der Waals surface area contributed by atoms with E-state index in [0.29, 0.717) is 22.3 Å². The molecule has 0 fully saturated rings. The monoisotopic (exact) mass is 448 g/mol. The van der Waals surface area contributed by atoms with Crippen LogP contribution in [0.25, 0.3) is 5.69 Å². The summed E-state index contributed by atoms with van der Waals surface area (Å²) >= 11 is 7.50. The normalized spacial score (nSPS) is 10.8. The first-order valence-electron chi connectivity index (χ1n) is 9.82. The van der Waals surface area contributed by atoms with E-state index in [2.05, 4.69) is 27.6 Å². The maximum Gasteiger partial charge on any atom is 0.234 e. The molecule has 0 saturated heterocycles. The van der Waals surface area contributed by atoms with Crippen molar-refractivity contribution in [2.45, 2.75) is 18.5 Å². The zero-order chi connectivity index (χ0) is 21.6. The molecule has 0 aliphatic carbocycles. The molecule has 0 spiro atoms. The van der Waals surface area contributed by atoms with E-state index >= 15 is 0 Å². The molecule has 156 valence electrons. The second kappa shape index (κ2) is 9.81. The molecule has 1 aromatic heterocycles. The summed E-state index contributed by atoms with van der Waals surface area (Å²) in [7, 11) is 0. The van der Waals surface area contributed by atoms with Gasteiger partial charge < -0.3 is 5.32 Å². The largest absolute Gasteiger partial charge is 0.325 e. The highest BCUT2D eigenvalue weighted by molar-refractivity contribution is 7.99. The Hall–Kier alpha value is -3.09. The highest BCUT2D eigenvalue weighted by Gasteiger charge is 2.16. The summed E-state index contributed by atoms with van der Waals surface area (Å²) in [6.45, 7) is 1.92. The lowest BCUT2D eigenvalue weighted by Crippen LogP contribution is -2.14. The van der Waals surface area contributed by atoms with Crippen molar-refractivity contribution >= 4 is 35.0 Å². The second-order valence-electron chi connectivity index (χ2n) is 7.03. The van der Waals surface area contributed by atoms with Crippen molar-refractivity contribution in [3.8, 4) is 5.69 Å². The van der Waals surface area contributed by atoms with Crippen molar-refractivity contribution in [2.75, 3.05) is 11.1 Å². The molecule has 1 amide bonds. The van der Waals surface area contributed by atoms with Crippen LogP contribution < -0.4 is 5.32 Å². The van der Waals surface area contributed by atoms with Gasteiger partial charge in [0.1, 0.15) is 5.82 Å². The molecule has 7 heteroatoms. The lowest BCUT2D eigenvalue weighted by molar-refractivity contribution is -0.113. The molecule has 5 nitrogen and oxygen atoms in total. The molecule has 4 aromatic rings. The molecule has 0 atom stereocenters. The maximum absolute atomic E-state index is 12.5. The van der Waals surface area contributed by atoms with E-state index in [1.54, 1.807) is 6.07 Å². The molecule has 31 heavy (non-hydrogen) atoms. The third kappa shape index (κ3) is 5.34. The van der Waals surface area contributed by atoms with Gasteiger partial charge >= 0.3 is 0 Å². The van der Waals surface area contributed by atoms with Gasteiger partial charge in [0.15, 0.2) is 5.16 Å². The molecule has 0 bridgehead atoms. The van der Waals surface area contributed by atoms with Crippen LogP contribution >= 0.6 is 23.4 Å². The van der Waals surface area contributed by atoms with Crippen LogP contribution in [0, 0.1) is 6.92 Å². The lowest BCUT2D eigenvalue weighted by atomic mass is 10.1. The average molecular weight is 449 g/mol. The smallest absolute Gasteiger partial charge is 0.234 e. The topological polar surface area (TPSA) is 59.8 Å². The molecule has 0 radical (unpaired) electrons. The van der Waals surface area contributed by atoms with Gasteiger partial charge in [0.05, 0.1) is 5.75 Å². The van der Waals surface area contributed by atoms with Gasteiger partial charge in [-0.2, -0.15) is 0 Å². The van der Waals surface area contributed by atoms with Crippen molar-refractivity contribution in [1.82, 2.24) is 14.8 Å². The number of hydrogen-bond acceptors (Lipinski definition) is 4. The number of amides is 1. The first-order valence-corrected chi connectivity index (χ1v) is 11.2. The minimum absolute atomic E-state index is 0.128.